The maximum Gasteiger partial charge on any atom is 0.131 e. The molecule has 1 aliphatic rings. The molecule has 5 heteroatoms. The highest BCUT2D eigenvalue weighted by atomic mass is 16.5. The van der Waals surface area contributed by atoms with Crippen LogP contribution in [0.25, 0.3) is 0 Å². The van der Waals surface area contributed by atoms with Crippen molar-refractivity contribution in [2.24, 2.45) is 0 Å². The third kappa shape index (κ3) is 4.52. The Morgan fingerprint density at radius 2 is 1.45 bits per heavy atom. The molecule has 5 nitrogen and oxygen atoms in total. The Morgan fingerprint density at radius 3 is 1.95 bits per heavy atom. The molecule has 0 aromatic heterocycles. The van der Waals surface area contributed by atoms with E-state index in [9.17, 15) is 0 Å². The van der Waals surface area contributed by atoms with E-state index >= 15 is 0 Å². The van der Waals surface area contributed by atoms with Gasteiger partial charge in [-0.3, -0.25) is 4.90 Å². The lowest BCUT2D eigenvalue weighted by molar-refractivity contribution is 0.221. The molecule has 1 saturated heterocycles. The molecule has 1 aromatic carbocycles. The molecule has 0 unspecified atom stereocenters. The summed E-state index contributed by atoms with van der Waals surface area (Å²) in [5, 5.41) is 3.38. The fourth-order valence-electron chi connectivity index (χ4n) is 2.66. The molecule has 2 rings (SSSR count). The van der Waals surface area contributed by atoms with E-state index in [4.69, 9.17) is 14.2 Å². The van der Waals surface area contributed by atoms with Gasteiger partial charge in [-0.05, 0) is 20.8 Å². The highest BCUT2D eigenvalue weighted by molar-refractivity contribution is 5.50. The van der Waals surface area contributed by atoms with Crippen molar-refractivity contribution in [3.8, 4) is 17.2 Å². The topological polar surface area (TPSA) is 43.0 Å². The highest BCUT2D eigenvalue weighted by Crippen LogP contribution is 2.35. The van der Waals surface area contributed by atoms with Crippen LogP contribution in [0, 0.1) is 0 Å². The molecule has 0 bridgehead atoms. The Kier molecular flexibility index (Phi) is 6.80. The van der Waals surface area contributed by atoms with Gasteiger partial charge < -0.3 is 19.5 Å². The van der Waals surface area contributed by atoms with Crippen molar-refractivity contribution >= 4 is 0 Å². The average molecular weight is 308 g/mol. The lowest BCUT2D eigenvalue weighted by Gasteiger charge is -2.28. The van der Waals surface area contributed by atoms with Crippen molar-refractivity contribution in [2.45, 2.75) is 27.3 Å². The van der Waals surface area contributed by atoms with Crippen LogP contribution in [0.3, 0.4) is 0 Å². The van der Waals surface area contributed by atoms with Gasteiger partial charge in [0.1, 0.15) is 17.2 Å². The van der Waals surface area contributed by atoms with Gasteiger partial charge in [0.15, 0.2) is 0 Å². The van der Waals surface area contributed by atoms with E-state index in [0.717, 1.165) is 55.5 Å². The second-order valence-corrected chi connectivity index (χ2v) is 5.22. The molecule has 0 spiro atoms. The number of hydrogen-bond donors (Lipinski definition) is 1. The predicted octanol–water partition coefficient (Wildman–Crippen LogP) is 2.29. The lowest BCUT2D eigenvalue weighted by Crippen LogP contribution is -2.43. The third-order valence-electron chi connectivity index (χ3n) is 3.64. The summed E-state index contributed by atoms with van der Waals surface area (Å²) in [6, 6.07) is 3.96. The first-order chi connectivity index (χ1) is 10.8. The van der Waals surface area contributed by atoms with Crippen molar-refractivity contribution in [2.75, 3.05) is 46.0 Å². The normalized spacial score (nSPS) is 15.6. The zero-order valence-electron chi connectivity index (χ0n) is 14.0. The van der Waals surface area contributed by atoms with Crippen LogP contribution in [0.1, 0.15) is 26.3 Å². The molecule has 0 aliphatic carbocycles. The molecule has 124 valence electrons. The van der Waals surface area contributed by atoms with E-state index < -0.39 is 0 Å². The highest BCUT2D eigenvalue weighted by Gasteiger charge is 2.18. The fourth-order valence-corrected chi connectivity index (χ4v) is 2.66. The fraction of sp³-hybridized carbons (Fsp3) is 0.647. The quantitative estimate of drug-likeness (QED) is 0.798. The Labute approximate surface area is 133 Å². The molecular weight excluding hydrogens is 280 g/mol. The minimum atomic E-state index is 0.633. The monoisotopic (exact) mass is 308 g/mol. The van der Waals surface area contributed by atoms with E-state index in [1.807, 2.05) is 32.9 Å². The molecule has 0 radical (unpaired) electrons. The molecule has 1 aromatic rings. The molecule has 1 aliphatic heterocycles. The average Bonchev–Trinajstić information content (AvgIpc) is 2.52. The summed E-state index contributed by atoms with van der Waals surface area (Å²) < 4.78 is 17.3. The smallest absolute Gasteiger partial charge is 0.131 e. The summed E-state index contributed by atoms with van der Waals surface area (Å²) in [6.07, 6.45) is 0. The van der Waals surface area contributed by atoms with Crippen molar-refractivity contribution in [1.82, 2.24) is 10.2 Å². The zero-order valence-corrected chi connectivity index (χ0v) is 14.0. The van der Waals surface area contributed by atoms with E-state index in [2.05, 4.69) is 10.2 Å². The summed E-state index contributed by atoms with van der Waals surface area (Å²) in [4.78, 5) is 2.43. The first-order valence-corrected chi connectivity index (χ1v) is 8.26. The van der Waals surface area contributed by atoms with Gasteiger partial charge in [0.25, 0.3) is 0 Å². The van der Waals surface area contributed by atoms with Gasteiger partial charge in [0.2, 0.25) is 0 Å². The van der Waals surface area contributed by atoms with E-state index in [1.54, 1.807) is 0 Å². The van der Waals surface area contributed by atoms with E-state index in [1.165, 1.54) is 0 Å². The number of nitrogens with zero attached hydrogens (tertiary/aromatic N) is 1. The molecule has 0 amide bonds. The molecule has 1 N–H and O–H groups in total. The van der Waals surface area contributed by atoms with Gasteiger partial charge in [-0.25, -0.2) is 0 Å². The second kappa shape index (κ2) is 8.86. The minimum Gasteiger partial charge on any atom is -0.494 e. The van der Waals surface area contributed by atoms with Crippen molar-refractivity contribution in [1.29, 1.82) is 0 Å². The van der Waals surface area contributed by atoms with Gasteiger partial charge in [0.05, 0.1) is 25.4 Å². The van der Waals surface area contributed by atoms with Crippen molar-refractivity contribution < 1.29 is 14.2 Å². The van der Waals surface area contributed by atoms with Crippen LogP contribution in [0.15, 0.2) is 12.1 Å². The molecular formula is C17H28N2O3. The third-order valence-corrected chi connectivity index (χ3v) is 3.64. The lowest BCUT2D eigenvalue weighted by atomic mass is 10.1. The van der Waals surface area contributed by atoms with Crippen LogP contribution in [-0.4, -0.2) is 50.9 Å². The van der Waals surface area contributed by atoms with Crippen LogP contribution < -0.4 is 19.5 Å². The molecule has 1 heterocycles. The largest absolute Gasteiger partial charge is 0.494 e. The van der Waals surface area contributed by atoms with E-state index in [-0.39, 0.29) is 0 Å². The number of rotatable bonds is 8. The van der Waals surface area contributed by atoms with Crippen LogP contribution in [0.4, 0.5) is 0 Å². The Balaban J connectivity index is 2.28. The molecule has 0 atom stereocenters. The van der Waals surface area contributed by atoms with Gasteiger partial charge >= 0.3 is 0 Å². The number of piperazine rings is 1. The second-order valence-electron chi connectivity index (χ2n) is 5.22. The summed E-state index contributed by atoms with van der Waals surface area (Å²) in [5.41, 5.74) is 1.12. The maximum absolute atomic E-state index is 5.85. The van der Waals surface area contributed by atoms with Crippen molar-refractivity contribution in [3.63, 3.8) is 0 Å². The minimum absolute atomic E-state index is 0.633. The number of ether oxygens (including phenoxy) is 3. The van der Waals surface area contributed by atoms with E-state index in [0.29, 0.717) is 19.8 Å². The molecule has 1 fully saturated rings. The number of nitrogens with one attached hydrogen (secondary N) is 1. The van der Waals surface area contributed by atoms with Gasteiger partial charge in [0, 0.05) is 44.9 Å². The Bertz CT molecular complexity index is 432. The molecule has 22 heavy (non-hydrogen) atoms. The summed E-state index contributed by atoms with van der Waals surface area (Å²) in [6.45, 7) is 12.9. The first-order valence-electron chi connectivity index (χ1n) is 8.26. The van der Waals surface area contributed by atoms with Crippen LogP contribution in [-0.2, 0) is 6.54 Å². The summed E-state index contributed by atoms with van der Waals surface area (Å²) in [5.74, 6) is 2.55. The van der Waals surface area contributed by atoms with Crippen LogP contribution in [0.5, 0.6) is 17.2 Å². The maximum atomic E-state index is 5.85. The van der Waals surface area contributed by atoms with Crippen LogP contribution in [0.2, 0.25) is 0 Å². The molecule has 0 saturated carbocycles. The van der Waals surface area contributed by atoms with Crippen LogP contribution >= 0.6 is 0 Å². The Hall–Kier alpha value is -1.46. The zero-order chi connectivity index (χ0) is 15.8. The first kappa shape index (κ1) is 16.9. The number of hydrogen-bond acceptors (Lipinski definition) is 5. The standard InChI is InChI=1S/C17H28N2O3/c1-4-20-14-11-16(21-5-2)15(17(12-14)22-6-3)13-19-9-7-18-8-10-19/h11-12,18H,4-10,13H2,1-3H3. The summed E-state index contributed by atoms with van der Waals surface area (Å²) >= 11 is 0. The summed E-state index contributed by atoms with van der Waals surface area (Å²) in [7, 11) is 0. The van der Waals surface area contributed by atoms with Gasteiger partial charge in [-0.15, -0.1) is 0 Å². The SMILES string of the molecule is CCOc1cc(OCC)c(CN2CCNCC2)c(OCC)c1. The Morgan fingerprint density at radius 1 is 0.909 bits per heavy atom. The van der Waals surface area contributed by atoms with Gasteiger partial charge in [-0.1, -0.05) is 0 Å². The predicted molar refractivity (Wildman–Crippen MR) is 88.1 cm³/mol. The van der Waals surface area contributed by atoms with Gasteiger partial charge in [-0.2, -0.15) is 0 Å². The number of benzene rings is 1. The van der Waals surface area contributed by atoms with Crippen molar-refractivity contribution in [3.05, 3.63) is 17.7 Å².